The molecule has 1 aromatic rings. The summed E-state index contributed by atoms with van der Waals surface area (Å²) in [6, 6.07) is 2.82. The van der Waals surface area contributed by atoms with Crippen LogP contribution in [0.25, 0.3) is 6.08 Å². The van der Waals surface area contributed by atoms with Crippen molar-refractivity contribution in [3.8, 4) is 5.88 Å². The molecule has 1 amide bonds. The number of ether oxygens (including phenoxy) is 1. The molecule has 7 heteroatoms. The number of carboxylic acid groups (broad SMARTS) is 1. The van der Waals surface area contributed by atoms with Gasteiger partial charge in [-0.2, -0.15) is 0 Å². The minimum Gasteiger partial charge on any atom is -0.474 e. The van der Waals surface area contributed by atoms with Crippen LogP contribution < -0.4 is 4.74 Å². The highest BCUT2D eigenvalue weighted by atomic mass is 19.3. The fourth-order valence-corrected chi connectivity index (χ4v) is 3.53. The minimum absolute atomic E-state index is 0.0240. The average molecular weight is 338 g/mol. The summed E-state index contributed by atoms with van der Waals surface area (Å²) in [6.45, 7) is 4.71. The summed E-state index contributed by atoms with van der Waals surface area (Å²) in [6.07, 6.45) is 0.917. The van der Waals surface area contributed by atoms with Crippen molar-refractivity contribution in [1.82, 2.24) is 9.88 Å². The first-order valence-electron chi connectivity index (χ1n) is 7.98. The van der Waals surface area contributed by atoms with Crippen LogP contribution in [-0.2, 0) is 0 Å². The van der Waals surface area contributed by atoms with Crippen LogP contribution in [0.4, 0.5) is 13.6 Å². The predicted octanol–water partition coefficient (Wildman–Crippen LogP) is 3.96. The van der Waals surface area contributed by atoms with Gasteiger partial charge in [0.1, 0.15) is 6.10 Å². The average Bonchev–Trinajstić information content (AvgIpc) is 2.53. The lowest BCUT2D eigenvalue weighted by Gasteiger charge is -2.52. The van der Waals surface area contributed by atoms with Gasteiger partial charge in [0, 0.05) is 18.5 Å². The summed E-state index contributed by atoms with van der Waals surface area (Å²) in [5.74, 6) is -0.0240. The van der Waals surface area contributed by atoms with Crippen molar-refractivity contribution in [2.75, 3.05) is 13.1 Å². The maximum Gasteiger partial charge on any atom is 0.407 e. The summed E-state index contributed by atoms with van der Waals surface area (Å²) in [4.78, 5) is 16.4. The Morgan fingerprint density at radius 1 is 1.42 bits per heavy atom. The van der Waals surface area contributed by atoms with Gasteiger partial charge in [0.2, 0.25) is 5.88 Å². The lowest BCUT2D eigenvalue weighted by molar-refractivity contribution is -0.0379. The van der Waals surface area contributed by atoms with E-state index >= 15 is 0 Å². The molecule has 2 fully saturated rings. The van der Waals surface area contributed by atoms with Crippen LogP contribution in [0, 0.1) is 5.41 Å². The van der Waals surface area contributed by atoms with Crippen LogP contribution in [0.5, 0.6) is 5.88 Å². The van der Waals surface area contributed by atoms with E-state index in [0.717, 1.165) is 25.7 Å². The normalized spacial score (nSPS) is 20.0. The molecule has 1 N–H and O–H groups in total. The van der Waals surface area contributed by atoms with Gasteiger partial charge < -0.3 is 14.7 Å². The first-order chi connectivity index (χ1) is 11.4. The Balaban J connectivity index is 1.62. The highest BCUT2D eigenvalue weighted by Crippen LogP contribution is 2.44. The monoisotopic (exact) mass is 338 g/mol. The molecule has 0 bridgehead atoms. The standard InChI is InChI=1S/C17H20F2N2O3/c1-2-11-3-4-13(14(18)19)15(20-11)24-12-5-7-17(8-6-12)9-21(10-17)16(22)23/h2-4,12,14H,1,5-10H2,(H,22,23). The number of pyridine rings is 1. The maximum absolute atomic E-state index is 13.1. The predicted molar refractivity (Wildman–Crippen MR) is 84.2 cm³/mol. The van der Waals surface area contributed by atoms with Crippen molar-refractivity contribution in [3.63, 3.8) is 0 Å². The second kappa shape index (κ2) is 6.37. The quantitative estimate of drug-likeness (QED) is 0.902. The van der Waals surface area contributed by atoms with E-state index in [0.29, 0.717) is 18.8 Å². The van der Waals surface area contributed by atoms with E-state index in [1.165, 1.54) is 23.1 Å². The Bertz CT molecular complexity index is 635. The Kier molecular flexibility index (Phi) is 4.43. The Morgan fingerprint density at radius 3 is 2.62 bits per heavy atom. The molecule has 1 aliphatic carbocycles. The van der Waals surface area contributed by atoms with Gasteiger partial charge in [0.15, 0.2) is 0 Å². The molecule has 130 valence electrons. The molecule has 1 saturated carbocycles. The molecule has 1 saturated heterocycles. The molecule has 2 heterocycles. The van der Waals surface area contributed by atoms with Crippen LogP contribution in [0.2, 0.25) is 0 Å². The minimum atomic E-state index is -2.64. The topological polar surface area (TPSA) is 62.7 Å². The number of carbonyl (C=O) groups is 1. The van der Waals surface area contributed by atoms with E-state index < -0.39 is 12.5 Å². The third-order valence-corrected chi connectivity index (χ3v) is 4.95. The fourth-order valence-electron chi connectivity index (χ4n) is 3.53. The van der Waals surface area contributed by atoms with Gasteiger partial charge in [-0.15, -0.1) is 0 Å². The number of likely N-dealkylation sites (tertiary alicyclic amines) is 1. The second-order valence-electron chi connectivity index (χ2n) is 6.59. The molecule has 1 aliphatic heterocycles. The SMILES string of the molecule is C=Cc1ccc(C(F)F)c(OC2CCC3(CC2)CN(C(=O)O)C3)n1. The van der Waals surface area contributed by atoms with E-state index in [1.54, 1.807) is 0 Å². The molecule has 24 heavy (non-hydrogen) atoms. The first-order valence-corrected chi connectivity index (χ1v) is 7.98. The molecule has 0 radical (unpaired) electrons. The Hall–Kier alpha value is -2.18. The largest absolute Gasteiger partial charge is 0.474 e. The van der Waals surface area contributed by atoms with Gasteiger partial charge in [0.05, 0.1) is 11.3 Å². The van der Waals surface area contributed by atoms with Gasteiger partial charge in [-0.3, -0.25) is 0 Å². The van der Waals surface area contributed by atoms with Crippen molar-refractivity contribution >= 4 is 12.2 Å². The number of aromatic nitrogens is 1. The van der Waals surface area contributed by atoms with Crippen LogP contribution in [-0.4, -0.2) is 40.3 Å². The van der Waals surface area contributed by atoms with E-state index in [2.05, 4.69) is 11.6 Å². The molecule has 3 rings (SSSR count). The van der Waals surface area contributed by atoms with Crippen LogP contribution in [0.3, 0.4) is 0 Å². The molecule has 0 atom stereocenters. The maximum atomic E-state index is 13.1. The zero-order valence-electron chi connectivity index (χ0n) is 13.3. The van der Waals surface area contributed by atoms with Gasteiger partial charge in [-0.25, -0.2) is 18.6 Å². The summed E-state index contributed by atoms with van der Waals surface area (Å²) >= 11 is 0. The van der Waals surface area contributed by atoms with Crippen LogP contribution in [0.15, 0.2) is 18.7 Å². The van der Waals surface area contributed by atoms with Gasteiger partial charge in [0.25, 0.3) is 6.43 Å². The van der Waals surface area contributed by atoms with Gasteiger partial charge >= 0.3 is 6.09 Å². The Morgan fingerprint density at radius 2 is 2.08 bits per heavy atom. The fraction of sp³-hybridized carbons (Fsp3) is 0.529. The summed E-state index contributed by atoms with van der Waals surface area (Å²) < 4.78 is 32.0. The number of nitrogens with zero attached hydrogens (tertiary/aromatic N) is 2. The third kappa shape index (κ3) is 3.20. The van der Waals surface area contributed by atoms with Crippen molar-refractivity contribution in [3.05, 3.63) is 30.0 Å². The molecule has 0 unspecified atom stereocenters. The summed E-state index contributed by atoms with van der Waals surface area (Å²) in [5, 5.41) is 8.94. The van der Waals surface area contributed by atoms with Crippen LogP contribution in [0.1, 0.15) is 43.4 Å². The van der Waals surface area contributed by atoms with E-state index in [1.807, 2.05) is 0 Å². The molecule has 1 aromatic heterocycles. The number of amides is 1. The van der Waals surface area contributed by atoms with E-state index in [9.17, 15) is 13.6 Å². The highest BCUT2D eigenvalue weighted by molar-refractivity contribution is 5.66. The van der Waals surface area contributed by atoms with Gasteiger partial charge in [-0.1, -0.05) is 6.58 Å². The summed E-state index contributed by atoms with van der Waals surface area (Å²) in [7, 11) is 0. The number of hydrogen-bond donors (Lipinski definition) is 1. The number of halogens is 2. The lowest BCUT2D eigenvalue weighted by atomic mass is 9.68. The van der Waals surface area contributed by atoms with Crippen molar-refractivity contribution in [2.24, 2.45) is 5.41 Å². The van der Waals surface area contributed by atoms with Crippen molar-refractivity contribution in [1.29, 1.82) is 0 Å². The number of hydrogen-bond acceptors (Lipinski definition) is 3. The number of rotatable bonds is 4. The Labute approximate surface area is 138 Å². The lowest BCUT2D eigenvalue weighted by Crippen LogP contribution is -2.59. The molecule has 2 aliphatic rings. The second-order valence-corrected chi connectivity index (χ2v) is 6.59. The zero-order valence-corrected chi connectivity index (χ0v) is 13.3. The first kappa shape index (κ1) is 16.7. The molecule has 5 nitrogen and oxygen atoms in total. The highest BCUT2D eigenvalue weighted by Gasteiger charge is 2.47. The van der Waals surface area contributed by atoms with E-state index in [4.69, 9.17) is 9.84 Å². The smallest absolute Gasteiger partial charge is 0.407 e. The van der Waals surface area contributed by atoms with Gasteiger partial charge in [-0.05, 0) is 43.9 Å². The summed E-state index contributed by atoms with van der Waals surface area (Å²) in [5.41, 5.74) is 0.333. The van der Waals surface area contributed by atoms with Crippen molar-refractivity contribution < 1.29 is 23.4 Å². The molecule has 1 spiro atoms. The number of alkyl halides is 2. The zero-order chi connectivity index (χ0) is 17.3. The van der Waals surface area contributed by atoms with Crippen molar-refractivity contribution in [2.45, 2.75) is 38.2 Å². The molecule has 0 aromatic carbocycles. The molecular formula is C17H20F2N2O3. The third-order valence-electron chi connectivity index (χ3n) is 4.95. The van der Waals surface area contributed by atoms with Crippen LogP contribution >= 0.6 is 0 Å². The van der Waals surface area contributed by atoms with E-state index in [-0.39, 0.29) is 23.0 Å². The molecular weight excluding hydrogens is 318 g/mol.